The lowest BCUT2D eigenvalue weighted by Crippen LogP contribution is -2.35. The first-order chi connectivity index (χ1) is 16.6. The Hall–Kier alpha value is -2.34. The summed E-state index contributed by atoms with van der Waals surface area (Å²) in [6.07, 6.45) is 4.52. The number of aromatic amines is 1. The number of nitrogens with zero attached hydrogens (tertiary/aromatic N) is 1. The van der Waals surface area contributed by atoms with Crippen LogP contribution in [0.3, 0.4) is 0 Å². The fourth-order valence-corrected chi connectivity index (χ4v) is 5.25. The molecular weight excluding hydrogens is 448 g/mol. The molecule has 3 aromatic rings. The van der Waals surface area contributed by atoms with Crippen molar-refractivity contribution in [1.82, 2.24) is 9.88 Å². The molecule has 1 aromatic heterocycles. The second kappa shape index (κ2) is 11.9. The van der Waals surface area contributed by atoms with Crippen LogP contribution in [-0.2, 0) is 11.3 Å². The lowest BCUT2D eigenvalue weighted by molar-refractivity contribution is 0.0343. The Balaban J connectivity index is 1.43. The molecule has 1 N–H and O–H groups in total. The summed E-state index contributed by atoms with van der Waals surface area (Å²) in [6, 6.07) is 14.1. The molecule has 2 aromatic carbocycles. The molecule has 1 saturated heterocycles. The molecule has 0 spiro atoms. The maximum Gasteiger partial charge on any atom is 0.179 e. The van der Waals surface area contributed by atoms with Crippen molar-refractivity contribution >= 4 is 28.3 Å². The number of ether oxygens (including phenoxy) is 2. The number of methoxy groups -OCH3 is 1. The van der Waals surface area contributed by atoms with E-state index in [1.165, 1.54) is 5.56 Å². The van der Waals surface area contributed by atoms with Crippen LogP contribution in [0.2, 0.25) is 5.02 Å². The molecule has 0 amide bonds. The number of hydrogen-bond donors (Lipinski definition) is 1. The van der Waals surface area contributed by atoms with E-state index in [0.29, 0.717) is 23.1 Å². The van der Waals surface area contributed by atoms with Gasteiger partial charge in [0.15, 0.2) is 5.78 Å². The van der Waals surface area contributed by atoms with E-state index in [9.17, 15) is 4.79 Å². The molecule has 182 valence electrons. The van der Waals surface area contributed by atoms with E-state index >= 15 is 0 Å². The van der Waals surface area contributed by atoms with Gasteiger partial charge >= 0.3 is 0 Å². The molecule has 1 aliphatic heterocycles. The van der Waals surface area contributed by atoms with Gasteiger partial charge in [-0.25, -0.2) is 0 Å². The minimum atomic E-state index is 0.153. The van der Waals surface area contributed by atoms with Gasteiger partial charge in [0.25, 0.3) is 0 Å². The average molecular weight is 483 g/mol. The van der Waals surface area contributed by atoms with Crippen molar-refractivity contribution in [3.63, 3.8) is 0 Å². The standard InChI is InChI=1S/C28H35ClN2O3/c1-3-7-20(24-9-4-5-11-27(24)33-2)8-6-10-26(32)25-18-21-16-23(29)17-22(28(21)30-25)19-31-12-14-34-15-13-31/h4-5,9,11,16-18,20,30H,3,6-8,10,12-15,19H2,1-2H3. The number of hydrogen-bond acceptors (Lipinski definition) is 4. The number of rotatable bonds is 11. The molecule has 6 heteroatoms. The van der Waals surface area contributed by atoms with Crippen molar-refractivity contribution in [2.75, 3.05) is 33.4 Å². The molecule has 0 aliphatic carbocycles. The first kappa shape index (κ1) is 24.8. The molecule has 0 bridgehead atoms. The molecule has 1 fully saturated rings. The molecular formula is C28H35ClN2O3. The van der Waals surface area contributed by atoms with E-state index in [1.807, 2.05) is 30.3 Å². The zero-order valence-corrected chi connectivity index (χ0v) is 21.0. The molecule has 1 atom stereocenters. The van der Waals surface area contributed by atoms with Crippen molar-refractivity contribution in [3.05, 3.63) is 64.3 Å². The Morgan fingerprint density at radius 3 is 2.74 bits per heavy atom. The number of aromatic nitrogens is 1. The maximum absolute atomic E-state index is 13.1. The number of nitrogens with one attached hydrogen (secondary N) is 1. The van der Waals surface area contributed by atoms with Crippen LogP contribution in [0.5, 0.6) is 5.75 Å². The monoisotopic (exact) mass is 482 g/mol. The summed E-state index contributed by atoms with van der Waals surface area (Å²) < 4.78 is 11.1. The zero-order chi connectivity index (χ0) is 23.9. The van der Waals surface area contributed by atoms with Gasteiger partial charge in [-0.3, -0.25) is 9.69 Å². The normalized spacial score (nSPS) is 15.5. The van der Waals surface area contributed by atoms with Gasteiger partial charge < -0.3 is 14.5 Å². The summed E-state index contributed by atoms with van der Waals surface area (Å²) in [4.78, 5) is 18.9. The lowest BCUT2D eigenvalue weighted by atomic mass is 9.88. The first-order valence-corrected chi connectivity index (χ1v) is 12.7. The van der Waals surface area contributed by atoms with Crippen LogP contribution in [0.1, 0.15) is 66.6 Å². The molecule has 0 radical (unpaired) electrons. The molecule has 1 aliphatic rings. The summed E-state index contributed by atoms with van der Waals surface area (Å²) in [5.41, 5.74) is 4.05. The summed E-state index contributed by atoms with van der Waals surface area (Å²) in [6.45, 7) is 6.33. The largest absolute Gasteiger partial charge is 0.496 e. The number of halogens is 1. The number of morpholine rings is 1. The van der Waals surface area contributed by atoms with Crippen molar-refractivity contribution in [2.24, 2.45) is 0 Å². The SMILES string of the molecule is CCCC(CCCC(=O)c1cc2cc(Cl)cc(CN3CCOCC3)c2[nH]1)c1ccccc1OC. The van der Waals surface area contributed by atoms with Crippen molar-refractivity contribution < 1.29 is 14.3 Å². The zero-order valence-electron chi connectivity index (χ0n) is 20.2. The van der Waals surface area contributed by atoms with Gasteiger partial charge in [-0.2, -0.15) is 0 Å². The van der Waals surface area contributed by atoms with Gasteiger partial charge in [-0.15, -0.1) is 0 Å². The number of ketones is 1. The van der Waals surface area contributed by atoms with Crippen LogP contribution in [-0.4, -0.2) is 49.1 Å². The van der Waals surface area contributed by atoms with Crippen LogP contribution in [0.15, 0.2) is 42.5 Å². The highest BCUT2D eigenvalue weighted by atomic mass is 35.5. The molecule has 0 saturated carbocycles. The summed E-state index contributed by atoms with van der Waals surface area (Å²) >= 11 is 6.41. The predicted molar refractivity (Wildman–Crippen MR) is 138 cm³/mol. The van der Waals surface area contributed by atoms with Crippen LogP contribution < -0.4 is 4.74 Å². The molecule has 34 heavy (non-hydrogen) atoms. The number of para-hydroxylation sites is 1. The van der Waals surface area contributed by atoms with E-state index in [-0.39, 0.29) is 5.78 Å². The van der Waals surface area contributed by atoms with Crippen LogP contribution in [0, 0.1) is 0 Å². The fourth-order valence-electron chi connectivity index (χ4n) is 5.01. The highest BCUT2D eigenvalue weighted by Gasteiger charge is 2.18. The highest BCUT2D eigenvalue weighted by molar-refractivity contribution is 6.31. The number of fused-ring (bicyclic) bond motifs is 1. The number of benzene rings is 2. The second-order valence-corrected chi connectivity index (χ2v) is 9.58. The average Bonchev–Trinajstić information content (AvgIpc) is 3.28. The van der Waals surface area contributed by atoms with Crippen molar-refractivity contribution in [1.29, 1.82) is 0 Å². The Morgan fingerprint density at radius 1 is 1.18 bits per heavy atom. The van der Waals surface area contributed by atoms with Gasteiger partial charge in [0.1, 0.15) is 5.75 Å². The van der Waals surface area contributed by atoms with Gasteiger partial charge in [-0.1, -0.05) is 43.1 Å². The van der Waals surface area contributed by atoms with Crippen molar-refractivity contribution in [3.8, 4) is 5.75 Å². The van der Waals surface area contributed by atoms with Crippen LogP contribution in [0.4, 0.5) is 0 Å². The number of H-pyrrole nitrogens is 1. The van der Waals surface area contributed by atoms with E-state index in [2.05, 4.69) is 28.9 Å². The smallest absolute Gasteiger partial charge is 0.179 e. The van der Waals surface area contributed by atoms with E-state index in [0.717, 1.165) is 80.7 Å². The first-order valence-electron chi connectivity index (χ1n) is 12.4. The highest BCUT2D eigenvalue weighted by Crippen LogP contribution is 2.34. The Morgan fingerprint density at radius 2 is 1.97 bits per heavy atom. The van der Waals surface area contributed by atoms with Gasteiger partial charge in [0, 0.05) is 36.5 Å². The summed E-state index contributed by atoms with van der Waals surface area (Å²) in [5.74, 6) is 1.49. The minimum absolute atomic E-state index is 0.153. The van der Waals surface area contributed by atoms with E-state index in [4.69, 9.17) is 21.1 Å². The van der Waals surface area contributed by atoms with Crippen molar-refractivity contribution in [2.45, 2.75) is 51.5 Å². The molecule has 2 heterocycles. The topological polar surface area (TPSA) is 54.6 Å². The van der Waals surface area contributed by atoms with Gasteiger partial charge in [0.05, 0.1) is 31.5 Å². The fraction of sp³-hybridized carbons (Fsp3) is 0.464. The number of carbonyl (C=O) groups is 1. The lowest BCUT2D eigenvalue weighted by Gasteiger charge is -2.26. The Labute approximate surface area is 207 Å². The molecule has 4 rings (SSSR count). The predicted octanol–water partition coefficient (Wildman–Crippen LogP) is 6.60. The Kier molecular flexibility index (Phi) is 8.65. The van der Waals surface area contributed by atoms with Crippen LogP contribution in [0.25, 0.3) is 10.9 Å². The van der Waals surface area contributed by atoms with E-state index < -0.39 is 0 Å². The quantitative estimate of drug-likeness (QED) is 0.313. The maximum atomic E-state index is 13.1. The number of carbonyl (C=O) groups excluding carboxylic acids is 1. The van der Waals surface area contributed by atoms with E-state index in [1.54, 1.807) is 7.11 Å². The van der Waals surface area contributed by atoms with Crippen LogP contribution >= 0.6 is 11.6 Å². The Bertz CT molecular complexity index is 1100. The third kappa shape index (κ3) is 6.01. The van der Waals surface area contributed by atoms with Gasteiger partial charge in [0.2, 0.25) is 0 Å². The summed E-state index contributed by atoms with van der Waals surface area (Å²) in [7, 11) is 1.72. The molecule has 5 nitrogen and oxygen atoms in total. The summed E-state index contributed by atoms with van der Waals surface area (Å²) in [5, 5.41) is 1.70. The third-order valence-corrected chi connectivity index (χ3v) is 6.96. The van der Waals surface area contributed by atoms with Gasteiger partial charge in [-0.05, 0) is 60.6 Å². The number of Topliss-reactive ketones (excluding diaryl/α,β-unsaturated/α-hetero) is 1. The molecule has 1 unspecified atom stereocenters. The second-order valence-electron chi connectivity index (χ2n) is 9.14. The minimum Gasteiger partial charge on any atom is -0.496 e. The third-order valence-electron chi connectivity index (χ3n) is 6.75.